The first-order valence-electron chi connectivity index (χ1n) is 8.59. The van der Waals surface area contributed by atoms with E-state index in [1.165, 1.54) is 6.20 Å². The Morgan fingerprint density at radius 2 is 1.50 bits per heavy atom. The van der Waals surface area contributed by atoms with Crippen LogP contribution in [0.5, 0.6) is 0 Å². The normalized spacial score (nSPS) is 11.4. The molecule has 0 aliphatic heterocycles. The second kappa shape index (κ2) is 8.67. The highest BCUT2D eigenvalue weighted by molar-refractivity contribution is 5.92. The molecule has 0 saturated carbocycles. The summed E-state index contributed by atoms with van der Waals surface area (Å²) in [6.45, 7) is -0.0787. The Kier molecular flexibility index (Phi) is 6.06. The Morgan fingerprint density at radius 1 is 0.929 bits per heavy atom. The fourth-order valence-electron chi connectivity index (χ4n) is 2.78. The van der Waals surface area contributed by atoms with Crippen LogP contribution in [0.2, 0.25) is 0 Å². The van der Waals surface area contributed by atoms with E-state index in [9.17, 15) is 18.0 Å². The van der Waals surface area contributed by atoms with Crippen LogP contribution < -0.4 is 10.6 Å². The minimum absolute atomic E-state index is 0.00222. The molecule has 4 nitrogen and oxygen atoms in total. The molecule has 144 valence electrons. The zero-order valence-electron chi connectivity index (χ0n) is 14.8. The third-order valence-electron chi connectivity index (χ3n) is 4.08. The average molecular weight is 385 g/mol. The summed E-state index contributed by atoms with van der Waals surface area (Å²) in [5.41, 5.74) is 1.03. The van der Waals surface area contributed by atoms with Gasteiger partial charge in [-0.25, -0.2) is 0 Å². The molecule has 0 fully saturated rings. The van der Waals surface area contributed by atoms with Gasteiger partial charge in [0.1, 0.15) is 0 Å². The van der Waals surface area contributed by atoms with Crippen LogP contribution >= 0.6 is 0 Å². The lowest BCUT2D eigenvalue weighted by atomic mass is 9.99. The van der Waals surface area contributed by atoms with Crippen LogP contribution in [0.25, 0.3) is 0 Å². The van der Waals surface area contributed by atoms with Gasteiger partial charge in [0.05, 0.1) is 30.0 Å². The van der Waals surface area contributed by atoms with Crippen LogP contribution in [-0.4, -0.2) is 17.4 Å². The SMILES string of the molecule is O=C(CNC(c1ccccc1)c1ccccc1)Nc1cncc(C(F)(F)F)c1. The molecule has 7 heteroatoms. The molecule has 3 aromatic rings. The van der Waals surface area contributed by atoms with Gasteiger partial charge in [0, 0.05) is 6.20 Å². The van der Waals surface area contributed by atoms with E-state index in [0.717, 1.165) is 23.4 Å². The van der Waals surface area contributed by atoms with Gasteiger partial charge in [-0.05, 0) is 17.2 Å². The maximum absolute atomic E-state index is 12.8. The molecule has 0 saturated heterocycles. The maximum Gasteiger partial charge on any atom is 0.417 e. The second-order valence-corrected chi connectivity index (χ2v) is 6.14. The van der Waals surface area contributed by atoms with Crippen molar-refractivity contribution in [1.29, 1.82) is 0 Å². The summed E-state index contributed by atoms with van der Waals surface area (Å²) in [7, 11) is 0. The van der Waals surface area contributed by atoms with E-state index in [4.69, 9.17) is 0 Å². The molecule has 1 amide bonds. The number of rotatable bonds is 6. The van der Waals surface area contributed by atoms with Crippen molar-refractivity contribution < 1.29 is 18.0 Å². The molecular formula is C21H18F3N3O. The lowest BCUT2D eigenvalue weighted by Gasteiger charge is -2.19. The van der Waals surface area contributed by atoms with E-state index >= 15 is 0 Å². The summed E-state index contributed by atoms with van der Waals surface area (Å²) in [5.74, 6) is -0.460. The summed E-state index contributed by atoms with van der Waals surface area (Å²) in [5, 5.41) is 5.61. The Balaban J connectivity index is 1.69. The van der Waals surface area contributed by atoms with Crippen molar-refractivity contribution in [2.45, 2.75) is 12.2 Å². The minimum Gasteiger partial charge on any atom is -0.324 e. The number of benzene rings is 2. The smallest absolute Gasteiger partial charge is 0.324 e. The summed E-state index contributed by atoms with van der Waals surface area (Å²) in [6.07, 6.45) is -2.62. The predicted octanol–water partition coefficient (Wildman–Crippen LogP) is 4.42. The van der Waals surface area contributed by atoms with Crippen LogP contribution in [-0.2, 0) is 11.0 Å². The summed E-state index contributed by atoms with van der Waals surface area (Å²) in [6, 6.07) is 19.8. The number of pyridine rings is 1. The predicted molar refractivity (Wildman–Crippen MR) is 101 cm³/mol. The lowest BCUT2D eigenvalue weighted by Crippen LogP contribution is -2.32. The van der Waals surface area contributed by atoms with Crippen LogP contribution in [0.3, 0.4) is 0 Å². The molecule has 1 heterocycles. The van der Waals surface area contributed by atoms with E-state index in [2.05, 4.69) is 15.6 Å². The molecule has 0 atom stereocenters. The lowest BCUT2D eigenvalue weighted by molar-refractivity contribution is -0.137. The van der Waals surface area contributed by atoms with E-state index in [1.54, 1.807) is 0 Å². The average Bonchev–Trinajstić information content (AvgIpc) is 2.69. The van der Waals surface area contributed by atoms with Crippen molar-refractivity contribution in [3.8, 4) is 0 Å². The molecule has 2 aromatic carbocycles. The fraction of sp³-hybridized carbons (Fsp3) is 0.143. The van der Waals surface area contributed by atoms with Crippen LogP contribution in [0.4, 0.5) is 18.9 Å². The van der Waals surface area contributed by atoms with E-state index in [0.29, 0.717) is 0 Å². The van der Waals surface area contributed by atoms with E-state index < -0.39 is 17.6 Å². The second-order valence-electron chi connectivity index (χ2n) is 6.14. The number of aromatic nitrogens is 1. The summed E-state index contributed by atoms with van der Waals surface area (Å²) < 4.78 is 38.3. The van der Waals surface area contributed by atoms with Gasteiger partial charge in [0.25, 0.3) is 0 Å². The number of hydrogen-bond acceptors (Lipinski definition) is 3. The highest BCUT2D eigenvalue weighted by Crippen LogP contribution is 2.30. The maximum atomic E-state index is 12.8. The first-order chi connectivity index (χ1) is 13.4. The monoisotopic (exact) mass is 385 g/mol. The van der Waals surface area contributed by atoms with Gasteiger partial charge in [0.2, 0.25) is 5.91 Å². The highest BCUT2D eigenvalue weighted by Gasteiger charge is 2.31. The quantitative estimate of drug-likeness (QED) is 0.661. The fourth-order valence-corrected chi connectivity index (χ4v) is 2.78. The van der Waals surface area contributed by atoms with Gasteiger partial charge in [-0.2, -0.15) is 13.2 Å². The third kappa shape index (κ3) is 5.17. The molecule has 0 unspecified atom stereocenters. The molecular weight excluding hydrogens is 367 g/mol. The van der Waals surface area contributed by atoms with E-state index in [1.807, 2.05) is 60.7 Å². The van der Waals surface area contributed by atoms with Crippen molar-refractivity contribution in [3.05, 3.63) is 95.8 Å². The molecule has 3 rings (SSSR count). The standard InChI is InChI=1S/C21H18F3N3O/c22-21(23,24)17-11-18(13-25-12-17)27-19(28)14-26-20(15-7-3-1-4-8-15)16-9-5-2-6-10-16/h1-13,20,26H,14H2,(H,27,28). The van der Waals surface area contributed by atoms with Gasteiger partial charge in [0.15, 0.2) is 0 Å². The van der Waals surface area contributed by atoms with Crippen LogP contribution in [0.15, 0.2) is 79.1 Å². The number of nitrogens with one attached hydrogen (secondary N) is 2. The Morgan fingerprint density at radius 3 is 2.04 bits per heavy atom. The molecule has 0 aliphatic rings. The number of carbonyl (C=O) groups is 1. The summed E-state index contributed by atoms with van der Waals surface area (Å²) >= 11 is 0. The highest BCUT2D eigenvalue weighted by atomic mass is 19.4. The molecule has 0 spiro atoms. The van der Waals surface area contributed by atoms with Crippen molar-refractivity contribution in [2.24, 2.45) is 0 Å². The zero-order valence-corrected chi connectivity index (χ0v) is 14.8. The van der Waals surface area contributed by atoms with Crippen molar-refractivity contribution in [1.82, 2.24) is 10.3 Å². The first-order valence-corrected chi connectivity index (χ1v) is 8.59. The summed E-state index contributed by atoms with van der Waals surface area (Å²) in [4.78, 5) is 15.8. The minimum atomic E-state index is -4.52. The van der Waals surface area contributed by atoms with Crippen molar-refractivity contribution >= 4 is 11.6 Å². The van der Waals surface area contributed by atoms with Gasteiger partial charge in [-0.3, -0.25) is 15.1 Å². The molecule has 28 heavy (non-hydrogen) atoms. The van der Waals surface area contributed by atoms with Gasteiger partial charge >= 0.3 is 6.18 Å². The van der Waals surface area contributed by atoms with Crippen LogP contribution in [0.1, 0.15) is 22.7 Å². The molecule has 0 radical (unpaired) electrons. The molecule has 2 N–H and O–H groups in total. The number of hydrogen-bond donors (Lipinski definition) is 2. The first kappa shape index (κ1) is 19.6. The molecule has 0 aliphatic carbocycles. The Hall–Kier alpha value is -3.19. The largest absolute Gasteiger partial charge is 0.417 e. The van der Waals surface area contributed by atoms with E-state index in [-0.39, 0.29) is 18.3 Å². The van der Waals surface area contributed by atoms with Gasteiger partial charge in [-0.15, -0.1) is 0 Å². The number of anilines is 1. The number of amides is 1. The van der Waals surface area contributed by atoms with Crippen molar-refractivity contribution in [2.75, 3.05) is 11.9 Å². The number of halogens is 3. The topological polar surface area (TPSA) is 54.0 Å². The number of alkyl halides is 3. The van der Waals surface area contributed by atoms with Gasteiger partial charge < -0.3 is 5.32 Å². The number of nitrogens with zero attached hydrogens (tertiary/aromatic N) is 1. The zero-order chi connectivity index (χ0) is 20.0. The molecule has 1 aromatic heterocycles. The Bertz CT molecular complexity index is 875. The van der Waals surface area contributed by atoms with Crippen LogP contribution in [0, 0.1) is 0 Å². The third-order valence-corrected chi connectivity index (χ3v) is 4.08. The number of carbonyl (C=O) groups excluding carboxylic acids is 1. The van der Waals surface area contributed by atoms with Gasteiger partial charge in [-0.1, -0.05) is 60.7 Å². The van der Waals surface area contributed by atoms with Crippen molar-refractivity contribution in [3.63, 3.8) is 0 Å². The Labute approximate surface area is 160 Å². The molecule has 0 bridgehead atoms.